The first-order valence-electron chi connectivity index (χ1n) is 9.97. The van der Waals surface area contributed by atoms with Crippen molar-refractivity contribution in [3.63, 3.8) is 0 Å². The third kappa shape index (κ3) is 4.98. The van der Waals surface area contributed by atoms with Gasteiger partial charge in [-0.05, 0) is 31.2 Å². The van der Waals surface area contributed by atoms with Gasteiger partial charge in [-0.15, -0.1) is 11.3 Å². The van der Waals surface area contributed by atoms with Crippen LogP contribution >= 0.6 is 22.9 Å². The van der Waals surface area contributed by atoms with Crippen molar-refractivity contribution in [2.75, 3.05) is 16.8 Å². The molecule has 0 unspecified atom stereocenters. The minimum Gasteiger partial charge on any atom is -0.455 e. The van der Waals surface area contributed by atoms with Crippen LogP contribution in [0.5, 0.6) is 0 Å². The van der Waals surface area contributed by atoms with Crippen LogP contribution in [0.1, 0.15) is 18.4 Å². The van der Waals surface area contributed by atoms with Crippen LogP contribution in [0.25, 0.3) is 11.3 Å². The van der Waals surface area contributed by atoms with Gasteiger partial charge in [0.15, 0.2) is 6.61 Å². The normalized spacial score (nSPS) is 15.5. The third-order valence-electron chi connectivity index (χ3n) is 4.97. The summed E-state index contributed by atoms with van der Waals surface area (Å²) in [6.45, 7) is 1.37. The average molecular weight is 470 g/mol. The Hall–Kier alpha value is -3.23. The monoisotopic (exact) mass is 469 g/mol. The van der Waals surface area contributed by atoms with E-state index in [0.717, 1.165) is 11.3 Å². The second-order valence-electron chi connectivity index (χ2n) is 7.35. The van der Waals surface area contributed by atoms with Gasteiger partial charge in [0.05, 0.1) is 23.5 Å². The van der Waals surface area contributed by atoms with Crippen LogP contribution in [0.15, 0.2) is 53.9 Å². The van der Waals surface area contributed by atoms with Crippen molar-refractivity contribution in [3.05, 3.63) is 63.9 Å². The summed E-state index contributed by atoms with van der Waals surface area (Å²) in [6, 6.07) is 14.0. The molecule has 0 bridgehead atoms. The fourth-order valence-corrected chi connectivity index (χ4v) is 4.41. The predicted octanol–water partition coefficient (Wildman–Crippen LogP) is 4.31. The number of carbonyl (C=O) groups excluding carboxylic acids is 3. The Balaban J connectivity index is 1.38. The number of nitrogens with one attached hydrogen (secondary N) is 1. The third-order valence-corrected chi connectivity index (χ3v) is 6.07. The van der Waals surface area contributed by atoms with Gasteiger partial charge >= 0.3 is 5.97 Å². The molecule has 0 aliphatic carbocycles. The van der Waals surface area contributed by atoms with E-state index in [9.17, 15) is 14.4 Å². The zero-order chi connectivity index (χ0) is 22.7. The molecule has 2 aromatic carbocycles. The molecule has 0 fully saturated rings. The van der Waals surface area contributed by atoms with Gasteiger partial charge in [-0.1, -0.05) is 35.9 Å². The number of rotatable bonds is 5. The highest BCUT2D eigenvalue weighted by molar-refractivity contribution is 7.10. The molecule has 1 N–H and O–H groups in total. The summed E-state index contributed by atoms with van der Waals surface area (Å²) in [5.41, 5.74) is 2.79. The molecular weight excluding hydrogens is 450 g/mol. The van der Waals surface area contributed by atoms with E-state index in [1.165, 1.54) is 16.2 Å². The SMILES string of the molecule is C[C@@H]1CC(=O)Nc2ccccc2N1C(=O)COC(=O)Cc1nc(-c2ccc(Cl)cc2)cs1. The van der Waals surface area contributed by atoms with Gasteiger partial charge in [0, 0.05) is 28.4 Å². The van der Waals surface area contributed by atoms with E-state index in [1.807, 2.05) is 17.5 Å². The summed E-state index contributed by atoms with van der Waals surface area (Å²) in [7, 11) is 0. The van der Waals surface area contributed by atoms with Crippen molar-refractivity contribution in [3.8, 4) is 11.3 Å². The van der Waals surface area contributed by atoms with Crippen LogP contribution in [0.2, 0.25) is 5.02 Å². The van der Waals surface area contributed by atoms with Gasteiger partial charge in [-0.2, -0.15) is 0 Å². The number of hydrogen-bond acceptors (Lipinski definition) is 6. The first kappa shape index (κ1) is 22.0. The maximum atomic E-state index is 12.9. The van der Waals surface area contributed by atoms with Gasteiger partial charge in [0.1, 0.15) is 5.01 Å². The summed E-state index contributed by atoms with van der Waals surface area (Å²) in [5, 5.41) is 5.89. The molecule has 4 rings (SSSR count). The number of thiazole rings is 1. The molecule has 32 heavy (non-hydrogen) atoms. The van der Waals surface area contributed by atoms with E-state index < -0.39 is 18.5 Å². The number of esters is 1. The van der Waals surface area contributed by atoms with Crippen LogP contribution in [-0.4, -0.2) is 35.4 Å². The number of para-hydroxylation sites is 2. The Morgan fingerprint density at radius 2 is 1.97 bits per heavy atom. The van der Waals surface area contributed by atoms with Gasteiger partial charge in [0.2, 0.25) is 5.91 Å². The van der Waals surface area contributed by atoms with E-state index in [0.29, 0.717) is 21.4 Å². The first-order chi connectivity index (χ1) is 15.4. The van der Waals surface area contributed by atoms with Crippen molar-refractivity contribution >= 4 is 52.1 Å². The van der Waals surface area contributed by atoms with E-state index in [2.05, 4.69) is 10.3 Å². The summed E-state index contributed by atoms with van der Waals surface area (Å²) in [5.74, 6) is -1.10. The Labute approximate surface area is 194 Å². The Kier molecular flexibility index (Phi) is 6.53. The lowest BCUT2D eigenvalue weighted by molar-refractivity contribution is -0.147. The topological polar surface area (TPSA) is 88.6 Å². The zero-order valence-electron chi connectivity index (χ0n) is 17.2. The molecule has 0 radical (unpaired) electrons. The standard InChI is InChI=1S/C23H20ClN3O4S/c1-14-10-20(28)25-17-4-2-3-5-19(17)27(14)22(29)12-31-23(30)11-21-26-18(13-32-21)15-6-8-16(24)9-7-15/h2-9,13-14H,10-12H2,1H3,(H,25,28)/t14-/m1/s1. The number of carbonyl (C=O) groups is 3. The van der Waals surface area contributed by atoms with Gasteiger partial charge < -0.3 is 15.0 Å². The lowest BCUT2D eigenvalue weighted by atomic mass is 10.1. The second kappa shape index (κ2) is 9.50. The van der Waals surface area contributed by atoms with Crippen LogP contribution in [0.4, 0.5) is 11.4 Å². The van der Waals surface area contributed by atoms with Crippen LogP contribution in [0.3, 0.4) is 0 Å². The van der Waals surface area contributed by atoms with E-state index in [-0.39, 0.29) is 24.8 Å². The number of amides is 2. The number of ether oxygens (including phenoxy) is 1. The molecule has 1 atom stereocenters. The number of hydrogen-bond donors (Lipinski definition) is 1. The van der Waals surface area contributed by atoms with Crippen molar-refractivity contribution in [1.82, 2.24) is 4.98 Å². The number of nitrogens with zero attached hydrogens (tertiary/aromatic N) is 2. The maximum Gasteiger partial charge on any atom is 0.313 e. The molecule has 3 aromatic rings. The Morgan fingerprint density at radius 3 is 2.75 bits per heavy atom. The first-order valence-corrected chi connectivity index (χ1v) is 11.2. The van der Waals surface area contributed by atoms with Crippen molar-refractivity contribution < 1.29 is 19.1 Å². The van der Waals surface area contributed by atoms with Crippen molar-refractivity contribution in [1.29, 1.82) is 0 Å². The highest BCUT2D eigenvalue weighted by Crippen LogP contribution is 2.31. The molecule has 1 aliphatic heterocycles. The Bertz CT molecular complexity index is 1160. The highest BCUT2D eigenvalue weighted by Gasteiger charge is 2.30. The van der Waals surface area contributed by atoms with Gasteiger partial charge in [-0.25, -0.2) is 4.98 Å². The molecule has 2 heterocycles. The molecule has 2 amide bonds. The molecule has 1 aliphatic rings. The van der Waals surface area contributed by atoms with E-state index >= 15 is 0 Å². The van der Waals surface area contributed by atoms with Crippen LogP contribution in [-0.2, 0) is 25.5 Å². The van der Waals surface area contributed by atoms with Crippen molar-refractivity contribution in [2.45, 2.75) is 25.8 Å². The summed E-state index contributed by atoms with van der Waals surface area (Å²) < 4.78 is 5.24. The maximum absolute atomic E-state index is 12.9. The number of benzene rings is 2. The van der Waals surface area contributed by atoms with Crippen LogP contribution in [0, 0.1) is 0 Å². The molecule has 7 nitrogen and oxygen atoms in total. The number of anilines is 2. The molecule has 1 aromatic heterocycles. The van der Waals surface area contributed by atoms with Gasteiger partial charge in [-0.3, -0.25) is 14.4 Å². The van der Waals surface area contributed by atoms with Gasteiger partial charge in [0.25, 0.3) is 5.91 Å². The van der Waals surface area contributed by atoms with Crippen molar-refractivity contribution in [2.24, 2.45) is 0 Å². The fourth-order valence-electron chi connectivity index (χ4n) is 3.50. The second-order valence-corrected chi connectivity index (χ2v) is 8.73. The minimum atomic E-state index is -0.541. The van der Waals surface area contributed by atoms with Crippen LogP contribution < -0.4 is 10.2 Å². The predicted molar refractivity (Wildman–Crippen MR) is 124 cm³/mol. The summed E-state index contributed by atoms with van der Waals surface area (Å²) in [6.07, 6.45) is 0.124. The molecule has 0 saturated heterocycles. The lowest BCUT2D eigenvalue weighted by Gasteiger charge is -2.27. The average Bonchev–Trinajstić information content (AvgIpc) is 3.17. The molecule has 9 heteroatoms. The number of halogens is 1. The molecule has 0 spiro atoms. The summed E-state index contributed by atoms with van der Waals surface area (Å²) >= 11 is 7.26. The quantitative estimate of drug-likeness (QED) is 0.562. The van der Waals surface area contributed by atoms with E-state index in [1.54, 1.807) is 43.3 Å². The molecule has 0 saturated carbocycles. The molecule has 164 valence electrons. The molecular formula is C23H20ClN3O4S. The smallest absolute Gasteiger partial charge is 0.313 e. The number of fused-ring (bicyclic) bond motifs is 1. The minimum absolute atomic E-state index is 0.0300. The Morgan fingerprint density at radius 1 is 1.22 bits per heavy atom. The fraction of sp³-hybridized carbons (Fsp3) is 0.217. The largest absolute Gasteiger partial charge is 0.455 e. The van der Waals surface area contributed by atoms with E-state index in [4.69, 9.17) is 16.3 Å². The lowest BCUT2D eigenvalue weighted by Crippen LogP contribution is -2.41. The summed E-state index contributed by atoms with van der Waals surface area (Å²) in [4.78, 5) is 43.3. The number of aromatic nitrogens is 1. The zero-order valence-corrected chi connectivity index (χ0v) is 18.8. The highest BCUT2D eigenvalue weighted by atomic mass is 35.5.